The summed E-state index contributed by atoms with van der Waals surface area (Å²) in [5.41, 5.74) is 0.986. The molecule has 0 atom stereocenters. The molecule has 38 heavy (non-hydrogen) atoms. The molecule has 0 radical (unpaired) electrons. The van der Waals surface area contributed by atoms with Crippen LogP contribution in [-0.2, 0) is 11.0 Å². The Kier molecular flexibility index (Phi) is 8.76. The van der Waals surface area contributed by atoms with Crippen LogP contribution in [0.15, 0.2) is 42.5 Å². The lowest BCUT2D eigenvalue weighted by Crippen LogP contribution is -2.43. The number of nitrogens with zero attached hydrogens (tertiary/aromatic N) is 3. The van der Waals surface area contributed by atoms with E-state index in [1.165, 1.54) is 13.2 Å². The van der Waals surface area contributed by atoms with Crippen LogP contribution in [-0.4, -0.2) is 66.5 Å². The van der Waals surface area contributed by atoms with Gasteiger partial charge in [0.15, 0.2) is 5.75 Å². The van der Waals surface area contributed by atoms with Gasteiger partial charge in [0, 0.05) is 49.9 Å². The van der Waals surface area contributed by atoms with Crippen molar-refractivity contribution in [1.82, 2.24) is 9.80 Å². The third-order valence-corrected chi connectivity index (χ3v) is 7.53. The number of amides is 1. The summed E-state index contributed by atoms with van der Waals surface area (Å²) in [7, 11) is 1.40. The molecule has 8 nitrogen and oxygen atoms in total. The number of anilines is 1. The summed E-state index contributed by atoms with van der Waals surface area (Å²) in [4.78, 5) is 27.5. The number of rotatable bonds is 8. The first-order valence-corrected chi connectivity index (χ1v) is 12.9. The van der Waals surface area contributed by atoms with Gasteiger partial charge in [0.1, 0.15) is 0 Å². The Balaban J connectivity index is 1.17. The number of carbonyl (C=O) groups is 1. The Labute approximate surface area is 219 Å². The van der Waals surface area contributed by atoms with Gasteiger partial charge in [-0.1, -0.05) is 12.1 Å². The zero-order valence-corrected chi connectivity index (χ0v) is 21.4. The van der Waals surface area contributed by atoms with Crippen LogP contribution in [0.2, 0.25) is 0 Å². The molecule has 4 rings (SSSR count). The van der Waals surface area contributed by atoms with E-state index >= 15 is 0 Å². The van der Waals surface area contributed by atoms with Crippen molar-refractivity contribution in [3.05, 3.63) is 63.7 Å². The molecule has 1 amide bonds. The van der Waals surface area contributed by atoms with Crippen LogP contribution >= 0.6 is 0 Å². The van der Waals surface area contributed by atoms with Gasteiger partial charge < -0.3 is 19.9 Å². The average Bonchev–Trinajstić information content (AvgIpc) is 2.92. The van der Waals surface area contributed by atoms with Gasteiger partial charge in [0.05, 0.1) is 17.6 Å². The van der Waals surface area contributed by atoms with Crippen LogP contribution in [0.5, 0.6) is 5.75 Å². The monoisotopic (exact) mass is 534 g/mol. The highest BCUT2D eigenvalue weighted by Gasteiger charge is 2.31. The molecule has 2 fully saturated rings. The summed E-state index contributed by atoms with van der Waals surface area (Å²) >= 11 is 0. The van der Waals surface area contributed by atoms with Crippen molar-refractivity contribution in [3.63, 3.8) is 0 Å². The highest BCUT2D eigenvalue weighted by Crippen LogP contribution is 2.33. The molecule has 0 aromatic heterocycles. The number of methoxy groups -OCH3 is 1. The Morgan fingerprint density at radius 1 is 1.05 bits per heavy atom. The maximum Gasteiger partial charge on any atom is 0.416 e. The predicted octanol–water partition coefficient (Wildman–Crippen LogP) is 5.29. The molecule has 1 N–H and O–H groups in total. The summed E-state index contributed by atoms with van der Waals surface area (Å²) in [6, 6.07) is 10.4. The molecular weight excluding hydrogens is 501 g/mol. The Bertz CT molecular complexity index is 1110. The van der Waals surface area contributed by atoms with Crippen LogP contribution in [0, 0.1) is 10.1 Å². The number of carbonyl (C=O) groups excluding carboxylic acids is 1. The van der Waals surface area contributed by atoms with Crippen molar-refractivity contribution < 1.29 is 27.6 Å². The first-order valence-electron chi connectivity index (χ1n) is 12.9. The van der Waals surface area contributed by atoms with Crippen molar-refractivity contribution in [2.75, 3.05) is 45.2 Å². The largest absolute Gasteiger partial charge is 0.490 e. The third kappa shape index (κ3) is 6.94. The Hall–Kier alpha value is -3.34. The van der Waals surface area contributed by atoms with Crippen molar-refractivity contribution in [3.8, 4) is 5.75 Å². The molecule has 2 aromatic rings. The Morgan fingerprint density at radius 3 is 2.29 bits per heavy atom. The minimum absolute atomic E-state index is 0.0812. The van der Waals surface area contributed by atoms with E-state index in [0.717, 1.165) is 62.2 Å². The van der Waals surface area contributed by atoms with Gasteiger partial charge in [0.2, 0.25) is 5.91 Å². The summed E-state index contributed by atoms with van der Waals surface area (Å²) in [6.07, 6.45) is -0.578. The predicted molar refractivity (Wildman–Crippen MR) is 137 cm³/mol. The van der Waals surface area contributed by atoms with E-state index in [1.54, 1.807) is 24.3 Å². The third-order valence-electron chi connectivity index (χ3n) is 7.53. The normalized spacial score (nSPS) is 17.8. The number of likely N-dealkylation sites (tertiary alicyclic amines) is 2. The number of halogens is 3. The summed E-state index contributed by atoms with van der Waals surface area (Å²) < 4.78 is 43.5. The number of benzene rings is 2. The molecule has 2 saturated heterocycles. The standard InChI is InChI=1S/C27H33F3N4O4/c1-38-25-18-23(6-7-24(25)34(36)37)31-22-10-16-33(17-11-22)26(35)12-15-32-13-8-20(9-14-32)19-2-4-21(5-3-19)27(28,29)30/h2-7,18,20,22,31H,8-17H2,1H3. The fraction of sp³-hybridized carbons (Fsp3) is 0.519. The van der Waals surface area contributed by atoms with Crippen LogP contribution in [0.3, 0.4) is 0 Å². The van der Waals surface area contributed by atoms with Crippen LogP contribution in [0.1, 0.15) is 49.1 Å². The van der Waals surface area contributed by atoms with Gasteiger partial charge in [-0.25, -0.2) is 0 Å². The molecule has 2 aromatic carbocycles. The number of ether oxygens (including phenoxy) is 1. The van der Waals surface area contributed by atoms with E-state index in [4.69, 9.17) is 4.74 Å². The second-order valence-electron chi connectivity index (χ2n) is 9.93. The van der Waals surface area contributed by atoms with E-state index in [9.17, 15) is 28.1 Å². The summed E-state index contributed by atoms with van der Waals surface area (Å²) in [5.74, 6) is 0.577. The molecule has 0 spiro atoms. The van der Waals surface area contributed by atoms with Gasteiger partial charge in [0.25, 0.3) is 0 Å². The van der Waals surface area contributed by atoms with Crippen LogP contribution < -0.4 is 10.1 Å². The fourth-order valence-corrected chi connectivity index (χ4v) is 5.27. The number of nitrogens with one attached hydrogen (secondary N) is 1. The molecule has 0 unspecified atom stereocenters. The number of nitro groups is 1. The van der Waals surface area contributed by atoms with Crippen LogP contribution in [0.4, 0.5) is 24.5 Å². The van der Waals surface area contributed by atoms with Crippen molar-refractivity contribution in [2.24, 2.45) is 0 Å². The molecule has 2 heterocycles. The lowest BCUT2D eigenvalue weighted by Gasteiger charge is -2.35. The van der Waals surface area contributed by atoms with E-state index in [2.05, 4.69) is 10.2 Å². The number of piperidine rings is 2. The molecular formula is C27H33F3N4O4. The van der Waals surface area contributed by atoms with E-state index < -0.39 is 16.7 Å². The minimum Gasteiger partial charge on any atom is -0.490 e. The van der Waals surface area contributed by atoms with E-state index in [1.807, 2.05) is 4.90 Å². The summed E-state index contributed by atoms with van der Waals surface area (Å²) in [5, 5.41) is 14.5. The van der Waals surface area contributed by atoms with Crippen molar-refractivity contribution >= 4 is 17.3 Å². The van der Waals surface area contributed by atoms with Gasteiger partial charge in [-0.05, 0) is 68.5 Å². The topological polar surface area (TPSA) is 88.0 Å². The molecule has 11 heteroatoms. The second kappa shape index (κ2) is 12.0. The van der Waals surface area contributed by atoms with Crippen LogP contribution in [0.25, 0.3) is 0 Å². The maximum atomic E-state index is 12.8. The summed E-state index contributed by atoms with van der Waals surface area (Å²) in [6.45, 7) is 3.62. The molecule has 206 valence electrons. The fourth-order valence-electron chi connectivity index (χ4n) is 5.27. The first kappa shape index (κ1) is 27.7. The highest BCUT2D eigenvalue weighted by atomic mass is 19.4. The van der Waals surface area contributed by atoms with Crippen molar-refractivity contribution in [1.29, 1.82) is 0 Å². The Morgan fingerprint density at radius 2 is 1.71 bits per heavy atom. The van der Waals surface area contributed by atoms with Crippen molar-refractivity contribution in [2.45, 2.75) is 50.2 Å². The number of nitro benzene ring substituents is 1. The second-order valence-corrected chi connectivity index (χ2v) is 9.93. The number of alkyl halides is 3. The van der Waals surface area contributed by atoms with Gasteiger partial charge in [-0.15, -0.1) is 0 Å². The van der Waals surface area contributed by atoms with Gasteiger partial charge in [-0.2, -0.15) is 13.2 Å². The quantitative estimate of drug-likeness (QED) is 0.366. The molecule has 0 saturated carbocycles. The molecule has 0 aliphatic carbocycles. The zero-order chi connectivity index (χ0) is 27.3. The lowest BCUT2D eigenvalue weighted by atomic mass is 9.89. The van der Waals surface area contributed by atoms with E-state index in [0.29, 0.717) is 26.1 Å². The molecule has 2 aliphatic rings. The lowest BCUT2D eigenvalue weighted by molar-refractivity contribution is -0.385. The highest BCUT2D eigenvalue weighted by molar-refractivity contribution is 5.76. The molecule has 2 aliphatic heterocycles. The van der Waals surface area contributed by atoms with E-state index in [-0.39, 0.29) is 29.3 Å². The maximum absolute atomic E-state index is 12.8. The zero-order valence-electron chi connectivity index (χ0n) is 21.4. The molecule has 0 bridgehead atoms. The first-order chi connectivity index (χ1) is 18.1. The SMILES string of the molecule is COc1cc(NC2CCN(C(=O)CCN3CCC(c4ccc(C(F)(F)F)cc4)CC3)CC2)ccc1[N+](=O)[O-]. The minimum atomic E-state index is -4.32. The average molecular weight is 535 g/mol. The van der Waals surface area contributed by atoms with Gasteiger partial charge >= 0.3 is 11.9 Å². The van der Waals surface area contributed by atoms with Gasteiger partial charge in [-0.3, -0.25) is 14.9 Å². The smallest absolute Gasteiger partial charge is 0.416 e. The number of hydrogen-bond donors (Lipinski definition) is 1. The number of hydrogen-bond acceptors (Lipinski definition) is 6.